The molecule has 0 radical (unpaired) electrons. The number of hydrogen-bond donors (Lipinski definition) is 2. The molecule has 0 bridgehead atoms. The van der Waals surface area contributed by atoms with Crippen LogP contribution in [0.4, 0.5) is 4.39 Å². The molecule has 1 saturated heterocycles. The molecule has 1 aliphatic heterocycles. The number of nitrogens with one attached hydrogen (secondary N) is 1. The van der Waals surface area contributed by atoms with Gasteiger partial charge >= 0.3 is 0 Å². The quantitative estimate of drug-likeness (QED) is 0.808. The third-order valence-corrected chi connectivity index (χ3v) is 3.40. The first-order valence-electron chi connectivity index (χ1n) is 5.82. The van der Waals surface area contributed by atoms with Crippen LogP contribution in [0, 0.1) is 0 Å². The molecule has 0 aromatic heterocycles. The second kappa shape index (κ2) is 4.42. The molecule has 1 aromatic rings. The molecule has 2 N–H and O–H groups in total. The van der Waals surface area contributed by atoms with Crippen LogP contribution in [0.1, 0.15) is 31.7 Å². The van der Waals surface area contributed by atoms with Crippen LogP contribution >= 0.6 is 0 Å². The van der Waals surface area contributed by atoms with Gasteiger partial charge in [-0.2, -0.15) is 0 Å². The highest BCUT2D eigenvalue weighted by Crippen LogP contribution is 2.33. The highest BCUT2D eigenvalue weighted by Gasteiger charge is 2.36. The van der Waals surface area contributed by atoms with Gasteiger partial charge in [0.25, 0.3) is 0 Å². The Balaban J connectivity index is 2.19. The summed E-state index contributed by atoms with van der Waals surface area (Å²) in [6.07, 6.45) is 3.07. The van der Waals surface area contributed by atoms with Crippen molar-refractivity contribution in [1.29, 1.82) is 0 Å². The van der Waals surface area contributed by atoms with Crippen molar-refractivity contribution < 1.29 is 9.50 Å². The summed E-state index contributed by atoms with van der Waals surface area (Å²) in [5.74, 6) is 0.177. The lowest BCUT2D eigenvalue weighted by molar-refractivity contribution is 0.107. The normalized spacial score (nSPS) is 25.0. The number of alkyl halides is 1. The molecule has 0 amide bonds. The third-order valence-electron chi connectivity index (χ3n) is 3.40. The van der Waals surface area contributed by atoms with E-state index >= 15 is 0 Å². The van der Waals surface area contributed by atoms with Gasteiger partial charge in [0.05, 0.1) is 0 Å². The summed E-state index contributed by atoms with van der Waals surface area (Å²) in [6.45, 7) is 2.50. The highest BCUT2D eigenvalue weighted by atomic mass is 19.1. The van der Waals surface area contributed by atoms with Crippen molar-refractivity contribution in [3.63, 3.8) is 0 Å². The summed E-state index contributed by atoms with van der Waals surface area (Å²) >= 11 is 0. The van der Waals surface area contributed by atoms with Gasteiger partial charge < -0.3 is 10.4 Å². The van der Waals surface area contributed by atoms with Crippen molar-refractivity contribution in [2.75, 3.05) is 6.54 Å². The van der Waals surface area contributed by atoms with Gasteiger partial charge in [-0.15, -0.1) is 0 Å². The zero-order valence-corrected chi connectivity index (χ0v) is 9.54. The maximum atomic E-state index is 14.7. The summed E-state index contributed by atoms with van der Waals surface area (Å²) in [5.41, 5.74) is -0.738. The monoisotopic (exact) mass is 223 g/mol. The van der Waals surface area contributed by atoms with Gasteiger partial charge in [-0.3, -0.25) is 0 Å². The maximum Gasteiger partial charge on any atom is 0.148 e. The van der Waals surface area contributed by atoms with Gasteiger partial charge in [0.2, 0.25) is 0 Å². The average molecular weight is 223 g/mol. The van der Waals surface area contributed by atoms with E-state index in [2.05, 4.69) is 5.32 Å². The summed E-state index contributed by atoms with van der Waals surface area (Å²) in [4.78, 5) is 0. The molecule has 2 nitrogen and oxygen atoms in total. The van der Waals surface area contributed by atoms with E-state index in [0.29, 0.717) is 5.56 Å². The number of halogens is 1. The Hall–Kier alpha value is -1.09. The Morgan fingerprint density at radius 3 is 2.56 bits per heavy atom. The van der Waals surface area contributed by atoms with Crippen molar-refractivity contribution in [2.24, 2.45) is 0 Å². The fourth-order valence-corrected chi connectivity index (χ4v) is 2.30. The highest BCUT2D eigenvalue weighted by molar-refractivity contribution is 5.30. The molecule has 0 aliphatic carbocycles. The molecule has 2 unspecified atom stereocenters. The fraction of sp³-hybridized carbons (Fsp3) is 0.538. The minimum atomic E-state index is -1.37. The van der Waals surface area contributed by atoms with Crippen LogP contribution < -0.4 is 5.32 Å². The summed E-state index contributed by atoms with van der Waals surface area (Å²) in [7, 11) is 0. The van der Waals surface area contributed by atoms with Crippen LogP contribution in [0.2, 0.25) is 0 Å². The second-order valence-corrected chi connectivity index (χ2v) is 4.62. The Morgan fingerprint density at radius 2 is 2.00 bits per heavy atom. The lowest BCUT2D eigenvalue weighted by Crippen LogP contribution is -2.46. The molecule has 88 valence electrons. The number of phenolic OH excluding ortho intramolecular Hbond substituents is 1. The molecule has 2 rings (SSSR count). The molecule has 0 spiro atoms. The Kier molecular flexibility index (Phi) is 3.15. The Labute approximate surface area is 95.5 Å². The summed E-state index contributed by atoms with van der Waals surface area (Å²) < 4.78 is 14.7. The Bertz CT molecular complexity index is 341. The van der Waals surface area contributed by atoms with E-state index < -0.39 is 5.67 Å². The van der Waals surface area contributed by atoms with Crippen molar-refractivity contribution >= 4 is 0 Å². The van der Waals surface area contributed by atoms with E-state index in [-0.39, 0.29) is 11.8 Å². The van der Waals surface area contributed by atoms with Crippen LogP contribution in [0.3, 0.4) is 0 Å². The largest absolute Gasteiger partial charge is 0.508 e. The molecule has 16 heavy (non-hydrogen) atoms. The first kappa shape index (κ1) is 11.4. The predicted molar refractivity (Wildman–Crippen MR) is 62.2 cm³/mol. The lowest BCUT2D eigenvalue weighted by atomic mass is 9.85. The standard InChI is InChI=1S/C13H18FNO/c1-13(14,12-4-2-3-9-15-12)10-5-7-11(16)8-6-10/h5-8,12,15-16H,2-4,9H2,1H3. The van der Waals surface area contributed by atoms with Crippen molar-refractivity contribution in [2.45, 2.75) is 37.9 Å². The molecular weight excluding hydrogens is 205 g/mol. The summed E-state index contributed by atoms with van der Waals surface area (Å²) in [6, 6.07) is 6.27. The second-order valence-electron chi connectivity index (χ2n) is 4.62. The molecule has 2 atom stereocenters. The van der Waals surface area contributed by atoms with Gasteiger partial charge in [0.15, 0.2) is 0 Å². The van der Waals surface area contributed by atoms with E-state index in [1.807, 2.05) is 0 Å². The minimum absolute atomic E-state index is 0.120. The average Bonchev–Trinajstić information content (AvgIpc) is 2.31. The van der Waals surface area contributed by atoms with Gasteiger partial charge in [-0.05, 0) is 44.0 Å². The molecule has 1 aliphatic rings. The number of phenols is 1. The van der Waals surface area contributed by atoms with E-state index in [9.17, 15) is 9.50 Å². The van der Waals surface area contributed by atoms with Crippen LogP contribution in [0.15, 0.2) is 24.3 Å². The van der Waals surface area contributed by atoms with Crippen molar-refractivity contribution in [1.82, 2.24) is 5.32 Å². The topological polar surface area (TPSA) is 32.3 Å². The number of hydrogen-bond acceptors (Lipinski definition) is 2. The first-order chi connectivity index (χ1) is 7.60. The van der Waals surface area contributed by atoms with E-state index in [1.54, 1.807) is 19.1 Å². The van der Waals surface area contributed by atoms with E-state index in [1.165, 1.54) is 12.1 Å². The number of aromatic hydroxyl groups is 1. The van der Waals surface area contributed by atoms with Gasteiger partial charge in [-0.1, -0.05) is 18.6 Å². The first-order valence-corrected chi connectivity index (χ1v) is 5.82. The SMILES string of the molecule is CC(F)(c1ccc(O)cc1)C1CCCCN1. The minimum Gasteiger partial charge on any atom is -0.508 e. The summed E-state index contributed by atoms with van der Waals surface area (Å²) in [5, 5.41) is 12.4. The number of rotatable bonds is 2. The van der Waals surface area contributed by atoms with Gasteiger partial charge in [0, 0.05) is 6.04 Å². The maximum absolute atomic E-state index is 14.7. The molecule has 1 heterocycles. The van der Waals surface area contributed by atoms with Crippen LogP contribution in [-0.4, -0.2) is 17.7 Å². The van der Waals surface area contributed by atoms with Crippen LogP contribution in [0.25, 0.3) is 0 Å². The smallest absolute Gasteiger partial charge is 0.148 e. The van der Waals surface area contributed by atoms with Gasteiger partial charge in [-0.25, -0.2) is 4.39 Å². The zero-order chi connectivity index (χ0) is 11.6. The van der Waals surface area contributed by atoms with Crippen molar-refractivity contribution in [3.05, 3.63) is 29.8 Å². The molecule has 1 fully saturated rings. The predicted octanol–water partition coefficient (Wildman–Crippen LogP) is 2.72. The molecule has 0 saturated carbocycles. The zero-order valence-electron chi connectivity index (χ0n) is 9.54. The van der Waals surface area contributed by atoms with Crippen LogP contribution in [0.5, 0.6) is 5.75 Å². The van der Waals surface area contributed by atoms with Gasteiger partial charge in [0.1, 0.15) is 11.4 Å². The lowest BCUT2D eigenvalue weighted by Gasteiger charge is -2.34. The Morgan fingerprint density at radius 1 is 1.31 bits per heavy atom. The molecule has 1 aromatic carbocycles. The third kappa shape index (κ3) is 2.19. The fourth-order valence-electron chi connectivity index (χ4n) is 2.30. The number of benzene rings is 1. The van der Waals surface area contributed by atoms with E-state index in [4.69, 9.17) is 0 Å². The number of piperidine rings is 1. The molecule has 3 heteroatoms. The molecular formula is C13H18FNO. The van der Waals surface area contributed by atoms with Crippen LogP contribution in [-0.2, 0) is 5.67 Å². The van der Waals surface area contributed by atoms with Crippen molar-refractivity contribution in [3.8, 4) is 5.75 Å². The van der Waals surface area contributed by atoms with E-state index in [0.717, 1.165) is 25.8 Å².